The molecule has 3 heterocycles. The number of anilines is 1. The van der Waals surface area contributed by atoms with Gasteiger partial charge in [0.1, 0.15) is 17.9 Å². The summed E-state index contributed by atoms with van der Waals surface area (Å²) in [6.45, 7) is 6.56. The average molecular weight is 470 g/mol. The zero-order chi connectivity index (χ0) is 22.8. The second-order valence-corrected chi connectivity index (χ2v) is 9.04. The molecule has 174 valence electrons. The zero-order valence-corrected chi connectivity index (χ0v) is 19.6. The molecular weight excluding hydrogens is 442 g/mol. The van der Waals surface area contributed by atoms with E-state index >= 15 is 0 Å². The number of methoxy groups -OCH3 is 1. The molecule has 0 N–H and O–H groups in total. The van der Waals surface area contributed by atoms with E-state index in [0.29, 0.717) is 42.1 Å². The lowest BCUT2D eigenvalue weighted by Crippen LogP contribution is -2.49. The molecule has 1 aromatic heterocycles. The largest absolute Gasteiger partial charge is 0.494 e. The molecule has 0 saturated carbocycles. The van der Waals surface area contributed by atoms with Crippen molar-refractivity contribution >= 4 is 32.6 Å². The Kier molecular flexibility index (Phi) is 6.34. The normalized spacial score (nSPS) is 18.3. The standard InChI is InChI=1S/C24H27N3O5S/c1-16-7-8-19(29-2)21-22(16)33-24(25-21)27(10-9-26-11-13-30-14-12-26)23(28)20-15-31-17-5-3-4-6-18(17)32-20/h3-8,20H,9-15H2,1-2H3. The van der Waals surface area contributed by atoms with Crippen molar-refractivity contribution in [1.29, 1.82) is 0 Å². The molecule has 5 rings (SSSR count). The maximum atomic E-state index is 13.7. The van der Waals surface area contributed by atoms with Crippen LogP contribution in [0.2, 0.25) is 0 Å². The third-order valence-electron chi connectivity index (χ3n) is 5.94. The van der Waals surface area contributed by atoms with Crippen LogP contribution in [0.4, 0.5) is 5.13 Å². The number of aromatic nitrogens is 1. The van der Waals surface area contributed by atoms with Crippen molar-refractivity contribution < 1.29 is 23.7 Å². The summed E-state index contributed by atoms with van der Waals surface area (Å²) in [7, 11) is 1.63. The first kappa shape index (κ1) is 21.9. The second kappa shape index (κ2) is 9.54. The number of amides is 1. The van der Waals surface area contributed by atoms with Gasteiger partial charge in [-0.2, -0.15) is 0 Å². The van der Waals surface area contributed by atoms with Gasteiger partial charge in [0.15, 0.2) is 16.6 Å². The number of thiazole rings is 1. The molecule has 2 aromatic carbocycles. The first-order valence-electron chi connectivity index (χ1n) is 11.1. The number of hydrogen-bond donors (Lipinski definition) is 0. The molecular formula is C24H27N3O5S. The van der Waals surface area contributed by atoms with Crippen LogP contribution >= 0.6 is 11.3 Å². The molecule has 0 aliphatic carbocycles. The number of carbonyl (C=O) groups is 1. The van der Waals surface area contributed by atoms with Crippen molar-refractivity contribution in [2.24, 2.45) is 0 Å². The van der Waals surface area contributed by atoms with Gasteiger partial charge < -0.3 is 18.9 Å². The molecule has 2 aliphatic rings. The van der Waals surface area contributed by atoms with Crippen molar-refractivity contribution in [2.75, 3.05) is 58.0 Å². The molecule has 1 atom stereocenters. The van der Waals surface area contributed by atoms with Crippen LogP contribution in [0.5, 0.6) is 17.2 Å². The molecule has 33 heavy (non-hydrogen) atoms. The number of aryl methyl sites for hydroxylation is 1. The van der Waals surface area contributed by atoms with Gasteiger partial charge in [-0.25, -0.2) is 4.98 Å². The Labute approximate surface area is 196 Å². The molecule has 1 saturated heterocycles. The summed E-state index contributed by atoms with van der Waals surface area (Å²) >= 11 is 1.50. The fourth-order valence-electron chi connectivity index (χ4n) is 4.06. The highest BCUT2D eigenvalue weighted by molar-refractivity contribution is 7.22. The van der Waals surface area contributed by atoms with E-state index < -0.39 is 6.10 Å². The Hall–Kier alpha value is -2.88. The Morgan fingerprint density at radius 1 is 1.21 bits per heavy atom. The topological polar surface area (TPSA) is 73.4 Å². The quantitative estimate of drug-likeness (QED) is 0.549. The minimum Gasteiger partial charge on any atom is -0.494 e. The number of nitrogens with zero attached hydrogens (tertiary/aromatic N) is 3. The van der Waals surface area contributed by atoms with Gasteiger partial charge in [0.25, 0.3) is 5.91 Å². The number of rotatable bonds is 6. The third kappa shape index (κ3) is 4.48. The summed E-state index contributed by atoms with van der Waals surface area (Å²) in [4.78, 5) is 22.6. The van der Waals surface area contributed by atoms with Crippen molar-refractivity contribution in [3.8, 4) is 17.2 Å². The first-order chi connectivity index (χ1) is 16.1. The van der Waals surface area contributed by atoms with Gasteiger partial charge in [-0.15, -0.1) is 0 Å². The molecule has 0 bridgehead atoms. The van der Waals surface area contributed by atoms with E-state index in [2.05, 4.69) is 4.90 Å². The van der Waals surface area contributed by atoms with Crippen LogP contribution < -0.4 is 19.1 Å². The monoisotopic (exact) mass is 469 g/mol. The summed E-state index contributed by atoms with van der Waals surface area (Å²) in [5.74, 6) is 1.78. The number of morpholine rings is 1. The van der Waals surface area contributed by atoms with Gasteiger partial charge in [-0.1, -0.05) is 29.5 Å². The SMILES string of the molecule is COc1ccc(C)c2sc(N(CCN3CCOCC3)C(=O)C3COc4ccccc4O3)nc12. The Morgan fingerprint density at radius 3 is 2.79 bits per heavy atom. The van der Waals surface area contributed by atoms with Gasteiger partial charge in [-0.3, -0.25) is 14.6 Å². The summed E-state index contributed by atoms with van der Waals surface area (Å²) < 4.78 is 23.8. The summed E-state index contributed by atoms with van der Waals surface area (Å²) in [5, 5.41) is 0.637. The predicted molar refractivity (Wildman–Crippen MR) is 127 cm³/mol. The lowest BCUT2D eigenvalue weighted by Gasteiger charge is -2.32. The van der Waals surface area contributed by atoms with Crippen LogP contribution in [0, 0.1) is 6.92 Å². The average Bonchev–Trinajstić information content (AvgIpc) is 3.31. The summed E-state index contributed by atoms with van der Waals surface area (Å²) in [6, 6.07) is 11.3. The van der Waals surface area contributed by atoms with Gasteiger partial charge in [0.2, 0.25) is 6.10 Å². The van der Waals surface area contributed by atoms with Gasteiger partial charge in [0, 0.05) is 26.2 Å². The fourth-order valence-corrected chi connectivity index (χ4v) is 5.14. The van der Waals surface area contributed by atoms with E-state index in [1.165, 1.54) is 11.3 Å². The van der Waals surface area contributed by atoms with E-state index in [1.807, 2.05) is 43.3 Å². The molecule has 1 amide bonds. The molecule has 0 spiro atoms. The molecule has 0 radical (unpaired) electrons. The minimum absolute atomic E-state index is 0.159. The molecule has 8 nitrogen and oxygen atoms in total. The van der Waals surface area contributed by atoms with E-state index in [0.717, 1.165) is 35.4 Å². The van der Waals surface area contributed by atoms with Crippen molar-refractivity contribution in [2.45, 2.75) is 13.0 Å². The van der Waals surface area contributed by atoms with Crippen LogP contribution in [0.3, 0.4) is 0 Å². The van der Waals surface area contributed by atoms with E-state index in [9.17, 15) is 4.79 Å². The van der Waals surface area contributed by atoms with Crippen LogP contribution in [0.1, 0.15) is 5.56 Å². The lowest BCUT2D eigenvalue weighted by atomic mass is 10.2. The number of hydrogen-bond acceptors (Lipinski definition) is 8. The van der Waals surface area contributed by atoms with E-state index in [4.69, 9.17) is 23.9 Å². The second-order valence-electron chi connectivity index (χ2n) is 8.07. The molecule has 2 aliphatic heterocycles. The highest BCUT2D eigenvalue weighted by atomic mass is 32.1. The molecule has 1 unspecified atom stereocenters. The molecule has 1 fully saturated rings. The van der Waals surface area contributed by atoms with E-state index in [1.54, 1.807) is 12.0 Å². The van der Waals surface area contributed by atoms with Crippen LogP contribution in [0.15, 0.2) is 36.4 Å². The van der Waals surface area contributed by atoms with Crippen molar-refractivity contribution in [1.82, 2.24) is 9.88 Å². The predicted octanol–water partition coefficient (Wildman–Crippen LogP) is 3.12. The summed E-state index contributed by atoms with van der Waals surface area (Å²) in [5.41, 5.74) is 1.87. The van der Waals surface area contributed by atoms with Crippen molar-refractivity contribution in [3.05, 3.63) is 42.0 Å². The fraction of sp³-hybridized carbons (Fsp3) is 0.417. The zero-order valence-electron chi connectivity index (χ0n) is 18.8. The number of fused-ring (bicyclic) bond motifs is 2. The van der Waals surface area contributed by atoms with Crippen LogP contribution in [0.25, 0.3) is 10.2 Å². The Morgan fingerprint density at radius 2 is 2.00 bits per heavy atom. The van der Waals surface area contributed by atoms with Crippen molar-refractivity contribution in [3.63, 3.8) is 0 Å². The summed E-state index contributed by atoms with van der Waals surface area (Å²) in [6.07, 6.45) is -0.736. The Bertz CT molecular complexity index is 1140. The third-order valence-corrected chi connectivity index (χ3v) is 7.15. The highest BCUT2D eigenvalue weighted by Gasteiger charge is 2.33. The number of carbonyl (C=O) groups excluding carboxylic acids is 1. The van der Waals surface area contributed by atoms with Gasteiger partial charge >= 0.3 is 0 Å². The molecule has 3 aromatic rings. The number of para-hydroxylation sites is 2. The van der Waals surface area contributed by atoms with Crippen LogP contribution in [-0.4, -0.2) is 75.0 Å². The number of benzene rings is 2. The maximum absolute atomic E-state index is 13.7. The molecule has 9 heteroatoms. The van der Waals surface area contributed by atoms with Crippen LogP contribution in [-0.2, 0) is 9.53 Å². The minimum atomic E-state index is -0.736. The Balaban J connectivity index is 1.45. The lowest BCUT2D eigenvalue weighted by molar-refractivity contribution is -0.127. The highest BCUT2D eigenvalue weighted by Crippen LogP contribution is 2.37. The number of ether oxygens (including phenoxy) is 4. The van der Waals surface area contributed by atoms with Gasteiger partial charge in [0.05, 0.1) is 25.0 Å². The first-order valence-corrected chi connectivity index (χ1v) is 11.9. The van der Waals surface area contributed by atoms with Gasteiger partial charge in [-0.05, 0) is 30.7 Å². The van der Waals surface area contributed by atoms with E-state index in [-0.39, 0.29) is 12.5 Å². The maximum Gasteiger partial charge on any atom is 0.273 e. The smallest absolute Gasteiger partial charge is 0.273 e.